The number of nitrogens with one attached hydrogen (secondary N) is 1. The van der Waals surface area contributed by atoms with Crippen molar-refractivity contribution in [2.75, 3.05) is 5.32 Å². The highest BCUT2D eigenvalue weighted by atomic mass is 16.4. The molecule has 8 heteroatoms. The number of aromatic hydroxyl groups is 2. The van der Waals surface area contributed by atoms with Gasteiger partial charge in [0.25, 0.3) is 5.91 Å². The first-order chi connectivity index (χ1) is 14.3. The number of rotatable bonds is 3. The third kappa shape index (κ3) is 2.70. The predicted molar refractivity (Wildman–Crippen MR) is 104 cm³/mol. The van der Waals surface area contributed by atoms with E-state index in [2.05, 4.69) is 5.32 Å². The Balaban J connectivity index is 1.98. The highest BCUT2D eigenvalue weighted by Gasteiger charge is 2.40. The SMILES string of the molecule is O=C(O)c1c(O)c2c(c(O)c1C(=O)Nc1ccccc1)C(=O)c1ccccc1C2=O. The molecule has 148 valence electrons. The largest absolute Gasteiger partial charge is 0.506 e. The number of aromatic carboxylic acids is 1. The number of ketones is 2. The van der Waals surface area contributed by atoms with Gasteiger partial charge in [0.2, 0.25) is 0 Å². The van der Waals surface area contributed by atoms with E-state index in [1.54, 1.807) is 18.2 Å². The van der Waals surface area contributed by atoms with E-state index >= 15 is 0 Å². The Labute approximate surface area is 169 Å². The van der Waals surface area contributed by atoms with Gasteiger partial charge in [-0.1, -0.05) is 42.5 Å². The van der Waals surface area contributed by atoms with Crippen LogP contribution in [0.5, 0.6) is 11.5 Å². The molecule has 3 aromatic carbocycles. The summed E-state index contributed by atoms with van der Waals surface area (Å²) < 4.78 is 0. The van der Waals surface area contributed by atoms with Gasteiger partial charge in [-0.05, 0) is 12.1 Å². The molecule has 0 heterocycles. The second-order valence-corrected chi connectivity index (χ2v) is 6.53. The number of benzene rings is 3. The van der Waals surface area contributed by atoms with Crippen LogP contribution in [0.3, 0.4) is 0 Å². The van der Waals surface area contributed by atoms with Crippen LogP contribution in [0, 0.1) is 0 Å². The molecule has 0 aromatic heterocycles. The summed E-state index contributed by atoms with van der Waals surface area (Å²) in [6.07, 6.45) is 0. The van der Waals surface area contributed by atoms with Crippen LogP contribution < -0.4 is 5.32 Å². The number of anilines is 1. The number of carbonyl (C=O) groups is 4. The van der Waals surface area contributed by atoms with Crippen molar-refractivity contribution < 1.29 is 34.5 Å². The highest BCUT2D eigenvalue weighted by molar-refractivity contribution is 6.32. The summed E-state index contributed by atoms with van der Waals surface area (Å²) >= 11 is 0. The lowest BCUT2D eigenvalue weighted by Gasteiger charge is -2.22. The molecule has 0 saturated heterocycles. The molecule has 1 amide bonds. The molecule has 0 aliphatic heterocycles. The van der Waals surface area contributed by atoms with Gasteiger partial charge in [-0.25, -0.2) is 4.79 Å². The second-order valence-electron chi connectivity index (χ2n) is 6.53. The van der Waals surface area contributed by atoms with Gasteiger partial charge in [0.05, 0.1) is 11.1 Å². The van der Waals surface area contributed by atoms with E-state index in [-0.39, 0.29) is 11.1 Å². The van der Waals surface area contributed by atoms with Gasteiger partial charge in [0.15, 0.2) is 11.6 Å². The normalized spacial score (nSPS) is 12.1. The number of amides is 1. The van der Waals surface area contributed by atoms with Crippen LogP contribution in [0.2, 0.25) is 0 Å². The van der Waals surface area contributed by atoms with Gasteiger partial charge in [0.1, 0.15) is 22.6 Å². The number of para-hydroxylation sites is 1. The maximum absolute atomic E-state index is 12.9. The first-order valence-corrected chi connectivity index (χ1v) is 8.73. The molecule has 3 aromatic rings. The van der Waals surface area contributed by atoms with Gasteiger partial charge in [0, 0.05) is 16.8 Å². The summed E-state index contributed by atoms with van der Waals surface area (Å²) in [5.41, 5.74) is -2.82. The zero-order chi connectivity index (χ0) is 21.6. The molecule has 4 rings (SSSR count). The van der Waals surface area contributed by atoms with Crippen LogP contribution in [0.25, 0.3) is 0 Å². The molecular weight excluding hydrogens is 390 g/mol. The Morgan fingerprint density at radius 1 is 0.700 bits per heavy atom. The van der Waals surface area contributed by atoms with E-state index in [4.69, 9.17) is 0 Å². The lowest BCUT2D eigenvalue weighted by Crippen LogP contribution is -2.25. The lowest BCUT2D eigenvalue weighted by molar-refractivity contribution is 0.0687. The molecule has 0 fully saturated rings. The Morgan fingerprint density at radius 2 is 1.17 bits per heavy atom. The molecule has 8 nitrogen and oxygen atoms in total. The number of hydrogen-bond donors (Lipinski definition) is 4. The van der Waals surface area contributed by atoms with E-state index < -0.39 is 57.2 Å². The van der Waals surface area contributed by atoms with Crippen molar-refractivity contribution in [3.8, 4) is 11.5 Å². The van der Waals surface area contributed by atoms with E-state index in [1.807, 2.05) is 0 Å². The van der Waals surface area contributed by atoms with E-state index in [1.165, 1.54) is 36.4 Å². The number of hydrogen-bond acceptors (Lipinski definition) is 6. The minimum Gasteiger partial charge on any atom is -0.506 e. The van der Waals surface area contributed by atoms with Crippen molar-refractivity contribution >= 4 is 29.1 Å². The highest BCUT2D eigenvalue weighted by Crippen LogP contribution is 2.43. The quantitative estimate of drug-likeness (QED) is 0.385. The molecule has 0 saturated carbocycles. The molecule has 4 N–H and O–H groups in total. The zero-order valence-corrected chi connectivity index (χ0v) is 15.2. The van der Waals surface area contributed by atoms with Crippen LogP contribution in [0.15, 0.2) is 54.6 Å². The fraction of sp³-hybridized carbons (Fsp3) is 0. The first-order valence-electron chi connectivity index (χ1n) is 8.73. The van der Waals surface area contributed by atoms with Crippen LogP contribution >= 0.6 is 0 Å². The van der Waals surface area contributed by atoms with Crippen molar-refractivity contribution in [2.45, 2.75) is 0 Å². The Kier molecular flexibility index (Phi) is 4.31. The summed E-state index contributed by atoms with van der Waals surface area (Å²) in [4.78, 5) is 50.4. The van der Waals surface area contributed by atoms with Crippen molar-refractivity contribution in [1.82, 2.24) is 0 Å². The molecular formula is C22H13NO7. The Hall–Kier alpha value is -4.46. The number of carboxylic acid groups (broad SMARTS) is 1. The second kappa shape index (κ2) is 6.85. The monoisotopic (exact) mass is 403 g/mol. The van der Waals surface area contributed by atoms with Crippen molar-refractivity contribution in [1.29, 1.82) is 0 Å². The summed E-state index contributed by atoms with van der Waals surface area (Å²) in [5, 5.41) is 33.3. The molecule has 0 unspecified atom stereocenters. The fourth-order valence-corrected chi connectivity index (χ4v) is 3.46. The summed E-state index contributed by atoms with van der Waals surface area (Å²) in [5.74, 6) is -6.48. The minimum atomic E-state index is -1.75. The molecule has 0 spiro atoms. The van der Waals surface area contributed by atoms with Crippen LogP contribution in [-0.2, 0) is 0 Å². The smallest absolute Gasteiger partial charge is 0.340 e. The third-order valence-corrected chi connectivity index (χ3v) is 4.79. The average Bonchev–Trinajstić information content (AvgIpc) is 2.73. The maximum Gasteiger partial charge on any atom is 0.340 e. The molecule has 0 bridgehead atoms. The van der Waals surface area contributed by atoms with Gasteiger partial charge in [-0.15, -0.1) is 0 Å². The molecule has 0 radical (unpaired) electrons. The van der Waals surface area contributed by atoms with Crippen LogP contribution in [0.1, 0.15) is 52.6 Å². The summed E-state index contributed by atoms with van der Waals surface area (Å²) in [6.45, 7) is 0. The lowest BCUT2D eigenvalue weighted by atomic mass is 9.80. The van der Waals surface area contributed by atoms with E-state index in [0.29, 0.717) is 5.69 Å². The standard InChI is InChI=1S/C22H13NO7/c24-17-11-8-4-5-9-12(11)18(25)14-13(17)19(26)15(16(20(14)27)22(29)30)21(28)23-10-6-2-1-3-7-10/h1-9,26-27H,(H,23,28)(H,29,30). The summed E-state index contributed by atoms with van der Waals surface area (Å²) in [7, 11) is 0. The Bertz CT molecular complexity index is 1260. The van der Waals surface area contributed by atoms with Gasteiger partial charge in [-0.3, -0.25) is 14.4 Å². The molecule has 1 aliphatic rings. The van der Waals surface area contributed by atoms with E-state index in [9.17, 15) is 34.5 Å². The molecule has 30 heavy (non-hydrogen) atoms. The number of carboxylic acids is 1. The van der Waals surface area contributed by atoms with Crippen molar-refractivity contribution in [3.05, 3.63) is 88.0 Å². The fourth-order valence-electron chi connectivity index (χ4n) is 3.46. The Morgan fingerprint density at radius 3 is 1.67 bits per heavy atom. The molecule has 1 aliphatic carbocycles. The van der Waals surface area contributed by atoms with Crippen molar-refractivity contribution in [2.24, 2.45) is 0 Å². The van der Waals surface area contributed by atoms with Crippen molar-refractivity contribution in [3.63, 3.8) is 0 Å². The predicted octanol–water partition coefficient (Wildman–Crippen LogP) is 2.82. The summed E-state index contributed by atoms with van der Waals surface area (Å²) in [6, 6.07) is 13.7. The number of phenols is 2. The average molecular weight is 403 g/mol. The van der Waals surface area contributed by atoms with Crippen LogP contribution in [0.4, 0.5) is 5.69 Å². The zero-order valence-electron chi connectivity index (χ0n) is 15.2. The minimum absolute atomic E-state index is 0.0257. The topological polar surface area (TPSA) is 141 Å². The maximum atomic E-state index is 12.9. The number of carbonyl (C=O) groups excluding carboxylic acids is 3. The number of fused-ring (bicyclic) bond motifs is 2. The third-order valence-electron chi connectivity index (χ3n) is 4.79. The number of phenolic OH excluding ortho intramolecular Hbond substituents is 1. The van der Waals surface area contributed by atoms with Gasteiger partial charge >= 0.3 is 5.97 Å². The van der Waals surface area contributed by atoms with Gasteiger partial charge in [-0.2, -0.15) is 0 Å². The first kappa shape index (κ1) is 18.9. The molecule has 0 atom stereocenters. The van der Waals surface area contributed by atoms with Gasteiger partial charge < -0.3 is 20.6 Å². The van der Waals surface area contributed by atoms with Crippen LogP contribution in [-0.4, -0.2) is 38.8 Å². The van der Waals surface area contributed by atoms with E-state index in [0.717, 1.165) is 0 Å².